The maximum atomic E-state index is 14.5. The third kappa shape index (κ3) is 5.86. The van der Waals surface area contributed by atoms with Crippen LogP contribution in [0.15, 0.2) is 30.3 Å². The molecule has 1 saturated carbocycles. The van der Waals surface area contributed by atoms with Crippen molar-refractivity contribution in [1.82, 2.24) is 0 Å². The van der Waals surface area contributed by atoms with Gasteiger partial charge in [0.1, 0.15) is 12.0 Å². The number of halogens is 1. The third-order valence-corrected chi connectivity index (χ3v) is 7.21. The number of fused-ring (bicyclic) bond motifs is 1. The molecule has 0 radical (unpaired) electrons. The largest absolute Gasteiger partial charge is 0.481 e. The number of aliphatic carboxylic acids is 1. The number of Topliss-reactive ketones (excluding diaryl/α,β-unsaturated/α-hetero) is 1. The van der Waals surface area contributed by atoms with Gasteiger partial charge in [0.2, 0.25) is 0 Å². The van der Waals surface area contributed by atoms with E-state index in [-0.39, 0.29) is 30.5 Å². The fourth-order valence-corrected chi connectivity index (χ4v) is 5.48. The van der Waals surface area contributed by atoms with Crippen molar-refractivity contribution in [2.75, 3.05) is 0 Å². The number of unbranched alkanes of at least 4 members (excludes halogenated alkanes) is 3. The summed E-state index contributed by atoms with van der Waals surface area (Å²) in [6, 6.07) is 9.97. The number of aliphatic hydroxyl groups is 1. The van der Waals surface area contributed by atoms with Crippen molar-refractivity contribution in [3.05, 3.63) is 35.2 Å². The van der Waals surface area contributed by atoms with Gasteiger partial charge in [-0.05, 0) is 43.2 Å². The molecule has 2 aromatic rings. The molecule has 1 aromatic heterocycles. The Labute approximate surface area is 174 Å². The maximum absolute atomic E-state index is 14.5. The first-order valence-electron chi connectivity index (χ1n) is 10.5. The topological polar surface area (TPSA) is 74.6 Å². The molecule has 29 heavy (non-hydrogen) atoms. The van der Waals surface area contributed by atoms with Gasteiger partial charge in [-0.25, -0.2) is 4.39 Å². The minimum atomic E-state index is -1.12. The monoisotopic (exact) mass is 420 g/mol. The Morgan fingerprint density at radius 1 is 1.17 bits per heavy atom. The van der Waals surface area contributed by atoms with Crippen molar-refractivity contribution < 1.29 is 24.2 Å². The zero-order chi connectivity index (χ0) is 20.8. The number of thiophene rings is 1. The quantitative estimate of drug-likeness (QED) is 0.458. The lowest BCUT2D eigenvalue weighted by Gasteiger charge is -2.21. The summed E-state index contributed by atoms with van der Waals surface area (Å²) in [4.78, 5) is 23.7. The smallest absolute Gasteiger partial charge is 0.303 e. The van der Waals surface area contributed by atoms with E-state index in [1.165, 1.54) is 0 Å². The van der Waals surface area contributed by atoms with Crippen LogP contribution in [0, 0.1) is 11.8 Å². The fourth-order valence-electron chi connectivity index (χ4n) is 4.40. The number of ketones is 1. The highest BCUT2D eigenvalue weighted by molar-refractivity contribution is 7.19. The summed E-state index contributed by atoms with van der Waals surface area (Å²) in [5.41, 5.74) is 0. The second-order valence-corrected chi connectivity index (χ2v) is 9.20. The van der Waals surface area contributed by atoms with E-state index in [1.54, 1.807) is 11.3 Å². The highest BCUT2D eigenvalue weighted by Gasteiger charge is 2.42. The summed E-state index contributed by atoms with van der Waals surface area (Å²) in [5, 5.41) is 20.4. The Balaban J connectivity index is 1.49. The summed E-state index contributed by atoms with van der Waals surface area (Å²) in [6.07, 6.45) is 3.19. The van der Waals surface area contributed by atoms with Crippen molar-refractivity contribution in [1.29, 1.82) is 0 Å². The number of hydrogen-bond acceptors (Lipinski definition) is 4. The minimum absolute atomic E-state index is 0.00406. The molecule has 3 rings (SSSR count). The normalized spacial score (nSPS) is 23.0. The van der Waals surface area contributed by atoms with Crippen LogP contribution < -0.4 is 0 Å². The van der Waals surface area contributed by atoms with Crippen LogP contribution in [0.25, 0.3) is 10.1 Å². The van der Waals surface area contributed by atoms with Crippen molar-refractivity contribution in [2.24, 2.45) is 11.8 Å². The number of carboxylic acid groups (broad SMARTS) is 1. The van der Waals surface area contributed by atoms with E-state index in [2.05, 4.69) is 0 Å². The number of aliphatic hydroxyl groups excluding tert-OH is 1. The van der Waals surface area contributed by atoms with Crippen LogP contribution in [-0.2, 0) is 9.59 Å². The molecule has 4 atom stereocenters. The predicted octanol–water partition coefficient (Wildman–Crippen LogP) is 5.68. The first-order valence-corrected chi connectivity index (χ1v) is 11.3. The average molecular weight is 421 g/mol. The standard InChI is InChI=1S/C23H29FO4S/c24-18-14-20(26)17(8-3-1-2-4-10-23(27)28)16(18)11-12-19(25)22-13-15-7-5-6-9-21(15)29-22/h5-7,9,13,16-19,25H,1-4,8,10-12,14H2,(H,27,28)/t16-,17-,18-,19-/m1/s1. The van der Waals surface area contributed by atoms with Crippen LogP contribution in [0.1, 0.15) is 68.8 Å². The zero-order valence-corrected chi connectivity index (χ0v) is 17.4. The van der Waals surface area contributed by atoms with Crippen LogP contribution in [0.3, 0.4) is 0 Å². The Morgan fingerprint density at radius 2 is 1.93 bits per heavy atom. The number of benzene rings is 1. The van der Waals surface area contributed by atoms with Crippen molar-refractivity contribution in [3.63, 3.8) is 0 Å². The van der Waals surface area contributed by atoms with Gasteiger partial charge in [0.15, 0.2) is 0 Å². The van der Waals surface area contributed by atoms with E-state index in [9.17, 15) is 19.1 Å². The van der Waals surface area contributed by atoms with Crippen LogP contribution in [-0.4, -0.2) is 28.1 Å². The number of carbonyl (C=O) groups is 2. The van der Waals surface area contributed by atoms with Crippen molar-refractivity contribution in [2.45, 2.75) is 70.1 Å². The Bertz CT molecular complexity index is 800. The molecule has 0 aliphatic heterocycles. The molecule has 6 heteroatoms. The van der Waals surface area contributed by atoms with E-state index in [1.807, 2.05) is 30.3 Å². The SMILES string of the molecule is O=C(O)CCCCCC[C@H]1C(=O)C[C@@H](F)[C@@H]1CC[C@@H](O)c1cc2ccccc2s1. The Morgan fingerprint density at radius 3 is 2.69 bits per heavy atom. The molecule has 1 aliphatic carbocycles. The Kier molecular flexibility index (Phi) is 7.78. The van der Waals surface area contributed by atoms with Crippen LogP contribution >= 0.6 is 11.3 Å². The van der Waals surface area contributed by atoms with Gasteiger partial charge in [0.25, 0.3) is 0 Å². The van der Waals surface area contributed by atoms with Gasteiger partial charge in [-0.2, -0.15) is 0 Å². The van der Waals surface area contributed by atoms with Crippen LogP contribution in [0.5, 0.6) is 0 Å². The lowest BCUT2D eigenvalue weighted by Crippen LogP contribution is -2.19. The highest BCUT2D eigenvalue weighted by atomic mass is 32.1. The summed E-state index contributed by atoms with van der Waals surface area (Å²) in [6.45, 7) is 0. The molecule has 1 aliphatic rings. The van der Waals surface area contributed by atoms with E-state index in [0.717, 1.165) is 34.2 Å². The molecule has 2 N–H and O–H groups in total. The zero-order valence-electron chi connectivity index (χ0n) is 16.6. The first kappa shape index (κ1) is 21.9. The van der Waals surface area contributed by atoms with E-state index >= 15 is 0 Å². The van der Waals surface area contributed by atoms with Gasteiger partial charge < -0.3 is 10.2 Å². The van der Waals surface area contributed by atoms with Gasteiger partial charge in [-0.1, -0.05) is 37.5 Å². The molecule has 0 unspecified atom stereocenters. The van der Waals surface area contributed by atoms with Gasteiger partial charge >= 0.3 is 5.97 Å². The third-order valence-electron chi connectivity index (χ3n) is 5.99. The number of alkyl halides is 1. The molecule has 0 saturated heterocycles. The second-order valence-electron chi connectivity index (χ2n) is 8.08. The van der Waals surface area contributed by atoms with E-state index in [4.69, 9.17) is 5.11 Å². The average Bonchev–Trinajstić information content (AvgIpc) is 3.23. The molecule has 4 nitrogen and oxygen atoms in total. The summed E-state index contributed by atoms with van der Waals surface area (Å²) < 4.78 is 15.6. The van der Waals surface area contributed by atoms with E-state index < -0.39 is 18.2 Å². The number of carboxylic acids is 1. The molecular weight excluding hydrogens is 391 g/mol. The predicted molar refractivity (Wildman–Crippen MR) is 113 cm³/mol. The van der Waals surface area contributed by atoms with Gasteiger partial charge in [-0.15, -0.1) is 11.3 Å². The second kappa shape index (κ2) is 10.3. The lowest BCUT2D eigenvalue weighted by atomic mass is 9.85. The maximum Gasteiger partial charge on any atom is 0.303 e. The van der Waals surface area contributed by atoms with Gasteiger partial charge in [-0.3, -0.25) is 9.59 Å². The van der Waals surface area contributed by atoms with Crippen molar-refractivity contribution >= 4 is 33.2 Å². The fraction of sp³-hybridized carbons (Fsp3) is 0.565. The summed E-state index contributed by atoms with van der Waals surface area (Å²) >= 11 is 1.56. The van der Waals surface area contributed by atoms with Crippen LogP contribution in [0.4, 0.5) is 4.39 Å². The lowest BCUT2D eigenvalue weighted by molar-refractivity contribution is -0.137. The number of carbonyl (C=O) groups excluding carboxylic acids is 1. The molecular formula is C23H29FO4S. The first-order chi connectivity index (χ1) is 14.0. The molecule has 158 valence electrons. The summed E-state index contributed by atoms with van der Waals surface area (Å²) in [5.74, 6) is -1.36. The molecule has 1 heterocycles. The van der Waals surface area contributed by atoms with Gasteiger partial charge in [0, 0.05) is 34.3 Å². The van der Waals surface area contributed by atoms with Gasteiger partial charge in [0.05, 0.1) is 6.10 Å². The molecule has 0 amide bonds. The molecule has 1 fully saturated rings. The van der Waals surface area contributed by atoms with Crippen molar-refractivity contribution in [3.8, 4) is 0 Å². The number of rotatable bonds is 11. The molecule has 0 bridgehead atoms. The van der Waals surface area contributed by atoms with E-state index in [0.29, 0.717) is 25.7 Å². The van der Waals surface area contributed by atoms with Crippen LogP contribution in [0.2, 0.25) is 0 Å². The Hall–Kier alpha value is -1.79. The highest BCUT2D eigenvalue weighted by Crippen LogP contribution is 2.40. The number of hydrogen-bond donors (Lipinski definition) is 2. The molecule has 0 spiro atoms. The molecule has 1 aromatic carbocycles. The minimum Gasteiger partial charge on any atom is -0.481 e. The summed E-state index contributed by atoms with van der Waals surface area (Å²) in [7, 11) is 0.